The first-order chi connectivity index (χ1) is 16.5. The van der Waals surface area contributed by atoms with E-state index in [0.29, 0.717) is 10.6 Å². The maximum absolute atomic E-state index is 13.1. The van der Waals surface area contributed by atoms with E-state index in [1.54, 1.807) is 24.3 Å². The fourth-order valence-electron chi connectivity index (χ4n) is 2.78. The average Bonchev–Trinajstić information content (AvgIpc) is 2.78. The van der Waals surface area contributed by atoms with Crippen molar-refractivity contribution >= 4 is 40.8 Å². The van der Waals surface area contributed by atoms with Gasteiger partial charge in [-0.15, -0.1) is 0 Å². The van der Waals surface area contributed by atoms with Crippen LogP contribution in [0.3, 0.4) is 0 Å². The second-order valence-corrected chi connectivity index (χ2v) is 7.58. The number of rotatable bonds is 8. The molecular weight excluding hydrogens is 518 g/mol. The Morgan fingerprint density at radius 3 is 2.17 bits per heavy atom. The van der Waals surface area contributed by atoms with Crippen LogP contribution in [0, 0.1) is 20.2 Å². The number of alkyl halides is 3. The van der Waals surface area contributed by atoms with E-state index in [-0.39, 0.29) is 35.1 Å². The number of oxime groups is 1. The highest BCUT2D eigenvalue weighted by Gasteiger charge is 2.38. The van der Waals surface area contributed by atoms with E-state index < -0.39 is 38.7 Å². The van der Waals surface area contributed by atoms with E-state index in [1.807, 2.05) is 0 Å². The lowest BCUT2D eigenvalue weighted by molar-refractivity contribution is -0.396. The minimum Gasteiger partial charge on any atom is -0.443 e. The van der Waals surface area contributed by atoms with Crippen molar-refractivity contribution in [3.05, 3.63) is 102 Å². The number of nitro groups is 2. The van der Waals surface area contributed by atoms with Crippen LogP contribution in [0.25, 0.3) is 0 Å². The van der Waals surface area contributed by atoms with Gasteiger partial charge in [0.1, 0.15) is 12.4 Å². The van der Waals surface area contributed by atoms with Gasteiger partial charge in [0.05, 0.1) is 21.6 Å². The zero-order valence-electron chi connectivity index (χ0n) is 17.2. The van der Waals surface area contributed by atoms with Crippen LogP contribution in [0.1, 0.15) is 16.7 Å². The molecule has 182 valence electrons. The summed E-state index contributed by atoms with van der Waals surface area (Å²) < 4.78 is 44.7. The molecule has 0 bridgehead atoms. The minimum atomic E-state index is -5.06. The van der Waals surface area contributed by atoms with E-state index in [1.165, 1.54) is 18.2 Å². The largest absolute Gasteiger partial charge is 0.443 e. The van der Waals surface area contributed by atoms with Crippen LogP contribution in [-0.4, -0.2) is 16.1 Å². The van der Waals surface area contributed by atoms with Gasteiger partial charge in [-0.25, -0.2) is 0 Å². The molecule has 3 aromatic rings. The van der Waals surface area contributed by atoms with Crippen molar-refractivity contribution in [2.75, 3.05) is 0 Å². The Hall–Kier alpha value is -3.90. The van der Waals surface area contributed by atoms with Gasteiger partial charge in [-0.3, -0.25) is 20.2 Å². The van der Waals surface area contributed by atoms with Crippen LogP contribution in [0.5, 0.6) is 11.5 Å². The molecule has 9 nitrogen and oxygen atoms in total. The summed E-state index contributed by atoms with van der Waals surface area (Å²) in [6, 6.07) is 10.9. The molecule has 0 aliphatic carbocycles. The molecule has 0 atom stereocenters. The number of hydrogen-bond acceptors (Lipinski definition) is 7. The Morgan fingerprint density at radius 1 is 0.971 bits per heavy atom. The highest BCUT2D eigenvalue weighted by molar-refractivity contribution is 6.31. The molecule has 3 aromatic carbocycles. The van der Waals surface area contributed by atoms with Crippen molar-refractivity contribution in [2.45, 2.75) is 12.8 Å². The Bertz CT molecular complexity index is 1280. The van der Waals surface area contributed by atoms with Crippen molar-refractivity contribution in [3.63, 3.8) is 0 Å². The number of ether oxygens (including phenoxy) is 1. The SMILES string of the molecule is O=[N+]([O-])c1cc(C(F)(F)F)cc([N+](=O)[O-])c1Oc1ccc(Cl)cc1/C=N\OCc1ccccc1Cl. The number of nitrogens with zero attached hydrogens (tertiary/aromatic N) is 3. The highest BCUT2D eigenvalue weighted by atomic mass is 35.5. The van der Waals surface area contributed by atoms with Crippen molar-refractivity contribution in [1.29, 1.82) is 0 Å². The first-order valence-corrected chi connectivity index (χ1v) is 10.1. The summed E-state index contributed by atoms with van der Waals surface area (Å²) in [6.07, 6.45) is -3.95. The van der Waals surface area contributed by atoms with Crippen LogP contribution in [0.2, 0.25) is 10.0 Å². The molecular formula is C21H12Cl2F3N3O6. The van der Waals surface area contributed by atoms with Crippen LogP contribution in [0.4, 0.5) is 24.5 Å². The van der Waals surface area contributed by atoms with Crippen LogP contribution in [0.15, 0.2) is 59.8 Å². The number of benzene rings is 3. The number of nitro benzene ring substituents is 2. The summed E-state index contributed by atoms with van der Waals surface area (Å²) in [6.45, 7) is -0.0111. The molecule has 35 heavy (non-hydrogen) atoms. The van der Waals surface area contributed by atoms with Crippen LogP contribution < -0.4 is 4.74 Å². The normalized spacial score (nSPS) is 11.5. The second kappa shape index (κ2) is 10.6. The summed E-state index contributed by atoms with van der Waals surface area (Å²) in [7, 11) is 0. The molecule has 0 saturated heterocycles. The second-order valence-electron chi connectivity index (χ2n) is 6.74. The maximum Gasteiger partial charge on any atom is 0.416 e. The number of hydrogen-bond donors (Lipinski definition) is 0. The lowest BCUT2D eigenvalue weighted by Crippen LogP contribution is -2.08. The van der Waals surface area contributed by atoms with Crippen molar-refractivity contribution in [3.8, 4) is 11.5 Å². The predicted molar refractivity (Wildman–Crippen MR) is 120 cm³/mol. The van der Waals surface area contributed by atoms with Gasteiger partial charge >= 0.3 is 17.6 Å². The van der Waals surface area contributed by atoms with Crippen LogP contribution in [-0.2, 0) is 17.6 Å². The van der Waals surface area contributed by atoms with Gasteiger partial charge in [0, 0.05) is 33.3 Å². The summed E-state index contributed by atoms with van der Waals surface area (Å²) in [5, 5.41) is 27.2. The molecule has 0 spiro atoms. The summed E-state index contributed by atoms with van der Waals surface area (Å²) >= 11 is 12.0. The van der Waals surface area contributed by atoms with Gasteiger partial charge < -0.3 is 9.57 Å². The molecule has 0 unspecified atom stereocenters. The van der Waals surface area contributed by atoms with Crippen LogP contribution >= 0.6 is 23.2 Å². The molecule has 0 radical (unpaired) electrons. The van der Waals surface area contributed by atoms with Gasteiger partial charge in [0.15, 0.2) is 0 Å². The fourth-order valence-corrected chi connectivity index (χ4v) is 3.15. The van der Waals surface area contributed by atoms with E-state index in [2.05, 4.69) is 5.16 Å². The molecule has 3 rings (SSSR count). The van der Waals surface area contributed by atoms with Gasteiger partial charge in [-0.1, -0.05) is 46.6 Å². The fraction of sp³-hybridized carbons (Fsp3) is 0.0952. The minimum absolute atomic E-state index is 0.0111. The molecule has 0 aromatic heterocycles. The van der Waals surface area contributed by atoms with E-state index >= 15 is 0 Å². The topological polar surface area (TPSA) is 117 Å². The Labute approximate surface area is 204 Å². The van der Waals surface area contributed by atoms with Gasteiger partial charge in [0.2, 0.25) is 0 Å². The number of halogens is 5. The first kappa shape index (κ1) is 25.7. The standard InChI is InChI=1S/C21H12Cl2F3N3O6/c22-15-5-6-19(13(7-15)10-27-34-11-12-3-1-2-4-16(12)23)35-20-17(28(30)31)8-14(21(24,25)26)9-18(20)29(32)33/h1-10H,11H2/b27-10-. The Kier molecular flexibility index (Phi) is 7.77. The lowest BCUT2D eigenvalue weighted by atomic mass is 10.1. The van der Waals surface area contributed by atoms with Gasteiger partial charge in [-0.2, -0.15) is 13.2 Å². The van der Waals surface area contributed by atoms with E-state index in [9.17, 15) is 33.4 Å². The summed E-state index contributed by atoms with van der Waals surface area (Å²) in [4.78, 5) is 25.6. The van der Waals surface area contributed by atoms with Gasteiger partial charge in [-0.05, 0) is 24.3 Å². The summed E-state index contributed by atoms with van der Waals surface area (Å²) in [5.74, 6) is -1.22. The third-order valence-electron chi connectivity index (χ3n) is 4.40. The molecule has 0 N–H and O–H groups in total. The quantitative estimate of drug-likeness (QED) is 0.173. The maximum atomic E-state index is 13.1. The van der Waals surface area contributed by atoms with Crippen molar-refractivity contribution in [2.24, 2.45) is 5.16 Å². The smallest absolute Gasteiger partial charge is 0.416 e. The third-order valence-corrected chi connectivity index (χ3v) is 5.00. The first-order valence-electron chi connectivity index (χ1n) is 9.37. The average molecular weight is 530 g/mol. The molecule has 0 aliphatic rings. The highest BCUT2D eigenvalue weighted by Crippen LogP contribution is 2.45. The zero-order valence-corrected chi connectivity index (χ0v) is 18.7. The van der Waals surface area contributed by atoms with Crippen molar-refractivity contribution in [1.82, 2.24) is 0 Å². The Balaban J connectivity index is 1.98. The monoisotopic (exact) mass is 529 g/mol. The third kappa shape index (κ3) is 6.37. The zero-order chi connectivity index (χ0) is 25.8. The molecule has 14 heteroatoms. The molecule has 0 amide bonds. The van der Waals surface area contributed by atoms with Crippen molar-refractivity contribution < 1.29 is 32.6 Å². The lowest BCUT2D eigenvalue weighted by Gasteiger charge is -2.12. The van der Waals surface area contributed by atoms with E-state index in [4.69, 9.17) is 32.8 Å². The molecule has 0 fully saturated rings. The predicted octanol–water partition coefficient (Wildman–Crippen LogP) is 7.17. The van der Waals surface area contributed by atoms with E-state index in [0.717, 1.165) is 6.21 Å². The summed E-state index contributed by atoms with van der Waals surface area (Å²) in [5.41, 5.74) is -3.38. The Morgan fingerprint density at radius 2 is 1.60 bits per heavy atom. The molecule has 0 saturated carbocycles. The molecule has 0 aliphatic heterocycles. The van der Waals surface area contributed by atoms with Gasteiger partial charge in [0.25, 0.3) is 5.75 Å². The molecule has 0 heterocycles.